The first kappa shape index (κ1) is 12.1. The Hall–Kier alpha value is -1.40. The van der Waals surface area contributed by atoms with Crippen LogP contribution in [0.2, 0.25) is 0 Å². The summed E-state index contributed by atoms with van der Waals surface area (Å²) in [7, 11) is 1.91. The van der Waals surface area contributed by atoms with Gasteiger partial charge < -0.3 is 5.32 Å². The summed E-state index contributed by atoms with van der Waals surface area (Å²) >= 11 is 1.43. The molecule has 0 fully saturated rings. The summed E-state index contributed by atoms with van der Waals surface area (Å²) < 4.78 is 13.5. The van der Waals surface area contributed by atoms with E-state index < -0.39 is 0 Å². The smallest absolute Gasteiger partial charge is 0.151 e. The van der Waals surface area contributed by atoms with Crippen LogP contribution in [0.4, 0.5) is 4.39 Å². The van der Waals surface area contributed by atoms with Gasteiger partial charge in [-0.1, -0.05) is 11.3 Å². The lowest BCUT2D eigenvalue weighted by molar-refractivity contribution is 0.624. The highest BCUT2D eigenvalue weighted by molar-refractivity contribution is 7.14. The molecule has 1 N–H and O–H groups in total. The Balaban J connectivity index is 2.10. The SMILES string of the molecule is CNCCCc1nnc(-c2ccncc2F)s1. The fraction of sp³-hybridized carbons (Fsp3) is 0.364. The first-order valence-electron chi connectivity index (χ1n) is 5.38. The minimum absolute atomic E-state index is 0.356. The zero-order chi connectivity index (χ0) is 12.1. The molecule has 0 spiro atoms. The Bertz CT molecular complexity index is 486. The fourth-order valence-corrected chi connectivity index (χ4v) is 2.34. The van der Waals surface area contributed by atoms with Crippen LogP contribution in [0, 0.1) is 5.82 Å². The number of rotatable bonds is 5. The van der Waals surface area contributed by atoms with Crippen molar-refractivity contribution in [2.24, 2.45) is 0 Å². The molecule has 0 saturated heterocycles. The molecule has 2 aromatic heterocycles. The lowest BCUT2D eigenvalue weighted by atomic mass is 10.3. The van der Waals surface area contributed by atoms with Crippen LogP contribution in [0.1, 0.15) is 11.4 Å². The van der Waals surface area contributed by atoms with Gasteiger partial charge >= 0.3 is 0 Å². The van der Waals surface area contributed by atoms with Gasteiger partial charge in [0.25, 0.3) is 0 Å². The molecular formula is C11H13FN4S. The number of hydrogen-bond acceptors (Lipinski definition) is 5. The average Bonchev–Trinajstić information content (AvgIpc) is 2.79. The van der Waals surface area contributed by atoms with Gasteiger partial charge in [0.05, 0.1) is 11.8 Å². The van der Waals surface area contributed by atoms with E-state index in [9.17, 15) is 4.39 Å². The molecule has 2 aromatic rings. The van der Waals surface area contributed by atoms with Gasteiger partial charge in [-0.05, 0) is 26.1 Å². The fourth-order valence-electron chi connectivity index (χ4n) is 1.43. The molecule has 0 aliphatic heterocycles. The highest BCUT2D eigenvalue weighted by atomic mass is 32.1. The Morgan fingerprint density at radius 2 is 2.29 bits per heavy atom. The quantitative estimate of drug-likeness (QED) is 0.826. The lowest BCUT2D eigenvalue weighted by Crippen LogP contribution is -2.08. The molecule has 0 radical (unpaired) electrons. The van der Waals surface area contributed by atoms with Crippen molar-refractivity contribution in [3.63, 3.8) is 0 Å². The topological polar surface area (TPSA) is 50.7 Å². The zero-order valence-corrected chi connectivity index (χ0v) is 10.3. The summed E-state index contributed by atoms with van der Waals surface area (Å²) in [6, 6.07) is 1.62. The van der Waals surface area contributed by atoms with Crippen LogP contribution in [0.25, 0.3) is 10.6 Å². The zero-order valence-electron chi connectivity index (χ0n) is 9.48. The first-order valence-corrected chi connectivity index (χ1v) is 6.20. The third-order valence-corrected chi connectivity index (χ3v) is 3.30. The molecule has 0 aromatic carbocycles. The Kier molecular flexibility index (Phi) is 4.11. The summed E-state index contributed by atoms with van der Waals surface area (Å²) in [4.78, 5) is 3.71. The number of halogens is 1. The van der Waals surface area contributed by atoms with Crippen LogP contribution in [-0.2, 0) is 6.42 Å². The predicted octanol–water partition coefficient (Wildman–Crippen LogP) is 1.89. The van der Waals surface area contributed by atoms with Gasteiger partial charge in [0, 0.05) is 12.6 Å². The number of nitrogens with one attached hydrogen (secondary N) is 1. The Labute approximate surface area is 103 Å². The third-order valence-electron chi connectivity index (χ3n) is 2.29. The number of aryl methyl sites for hydroxylation is 1. The molecule has 0 bridgehead atoms. The first-order chi connectivity index (χ1) is 8.31. The van der Waals surface area contributed by atoms with E-state index in [1.807, 2.05) is 7.05 Å². The van der Waals surface area contributed by atoms with E-state index in [-0.39, 0.29) is 5.82 Å². The van der Waals surface area contributed by atoms with Gasteiger partial charge in [0.1, 0.15) is 5.01 Å². The molecule has 0 aliphatic rings. The maximum Gasteiger partial charge on any atom is 0.151 e. The molecule has 0 aliphatic carbocycles. The molecule has 2 heterocycles. The molecule has 0 unspecified atom stereocenters. The van der Waals surface area contributed by atoms with E-state index in [0.29, 0.717) is 10.6 Å². The molecule has 17 heavy (non-hydrogen) atoms. The van der Waals surface area contributed by atoms with E-state index in [0.717, 1.165) is 24.4 Å². The van der Waals surface area contributed by atoms with E-state index in [2.05, 4.69) is 20.5 Å². The van der Waals surface area contributed by atoms with Crippen LogP contribution >= 0.6 is 11.3 Å². The van der Waals surface area contributed by atoms with Crippen molar-refractivity contribution in [3.05, 3.63) is 29.3 Å². The standard InChI is InChI=1S/C11H13FN4S/c1-13-5-2-3-10-15-16-11(17-10)8-4-6-14-7-9(8)12/h4,6-7,13H,2-3,5H2,1H3. The normalized spacial score (nSPS) is 10.7. The molecule has 6 heteroatoms. The summed E-state index contributed by atoms with van der Waals surface area (Å²) in [5, 5.41) is 12.7. The molecule has 2 rings (SSSR count). The van der Waals surface area contributed by atoms with Crippen molar-refractivity contribution in [2.75, 3.05) is 13.6 Å². The van der Waals surface area contributed by atoms with Gasteiger partial charge in [-0.25, -0.2) is 4.39 Å². The van der Waals surface area contributed by atoms with Crippen LogP contribution in [0.5, 0.6) is 0 Å². The van der Waals surface area contributed by atoms with Gasteiger partial charge in [-0.3, -0.25) is 4.98 Å². The van der Waals surface area contributed by atoms with E-state index in [1.54, 1.807) is 12.3 Å². The molecular weight excluding hydrogens is 239 g/mol. The van der Waals surface area contributed by atoms with Crippen LogP contribution in [0.15, 0.2) is 18.5 Å². The second-order valence-electron chi connectivity index (χ2n) is 3.56. The maximum atomic E-state index is 13.5. The summed E-state index contributed by atoms with van der Waals surface area (Å²) in [5.41, 5.74) is 0.470. The summed E-state index contributed by atoms with van der Waals surface area (Å²) in [5.74, 6) is -0.356. The van der Waals surface area contributed by atoms with Crippen LogP contribution < -0.4 is 5.32 Å². The van der Waals surface area contributed by atoms with Crippen molar-refractivity contribution in [1.29, 1.82) is 0 Å². The van der Waals surface area contributed by atoms with E-state index in [1.165, 1.54) is 17.5 Å². The second-order valence-corrected chi connectivity index (χ2v) is 4.63. The molecule has 0 saturated carbocycles. The van der Waals surface area contributed by atoms with Crippen molar-refractivity contribution >= 4 is 11.3 Å². The van der Waals surface area contributed by atoms with Crippen LogP contribution in [0.3, 0.4) is 0 Å². The van der Waals surface area contributed by atoms with Crippen molar-refractivity contribution in [2.45, 2.75) is 12.8 Å². The number of nitrogens with zero attached hydrogens (tertiary/aromatic N) is 3. The van der Waals surface area contributed by atoms with Crippen molar-refractivity contribution in [3.8, 4) is 10.6 Å². The highest BCUT2D eigenvalue weighted by Crippen LogP contribution is 2.25. The number of pyridine rings is 1. The third kappa shape index (κ3) is 3.04. The van der Waals surface area contributed by atoms with E-state index >= 15 is 0 Å². The van der Waals surface area contributed by atoms with Gasteiger partial charge in [0.15, 0.2) is 10.8 Å². The average molecular weight is 252 g/mol. The van der Waals surface area contributed by atoms with Gasteiger partial charge in [-0.15, -0.1) is 10.2 Å². The minimum Gasteiger partial charge on any atom is -0.320 e. The van der Waals surface area contributed by atoms with Gasteiger partial charge in [-0.2, -0.15) is 0 Å². The summed E-state index contributed by atoms with van der Waals surface area (Å²) in [6.07, 6.45) is 4.62. The molecule has 0 atom stereocenters. The Morgan fingerprint density at radius 1 is 1.41 bits per heavy atom. The molecule has 4 nitrogen and oxygen atoms in total. The highest BCUT2D eigenvalue weighted by Gasteiger charge is 2.10. The minimum atomic E-state index is -0.356. The monoisotopic (exact) mass is 252 g/mol. The number of hydrogen-bond donors (Lipinski definition) is 1. The maximum absolute atomic E-state index is 13.5. The van der Waals surface area contributed by atoms with Crippen molar-refractivity contribution < 1.29 is 4.39 Å². The lowest BCUT2D eigenvalue weighted by Gasteiger charge is -1.96. The predicted molar refractivity (Wildman–Crippen MR) is 65.3 cm³/mol. The summed E-state index contributed by atoms with van der Waals surface area (Å²) in [6.45, 7) is 0.943. The largest absolute Gasteiger partial charge is 0.320 e. The molecule has 90 valence electrons. The number of aromatic nitrogens is 3. The second kappa shape index (κ2) is 5.79. The Morgan fingerprint density at radius 3 is 3.06 bits per heavy atom. The van der Waals surface area contributed by atoms with Crippen LogP contribution in [-0.4, -0.2) is 28.8 Å². The van der Waals surface area contributed by atoms with Crippen molar-refractivity contribution in [1.82, 2.24) is 20.5 Å². The van der Waals surface area contributed by atoms with Gasteiger partial charge in [0.2, 0.25) is 0 Å². The molecule has 0 amide bonds. The van der Waals surface area contributed by atoms with E-state index in [4.69, 9.17) is 0 Å².